The van der Waals surface area contributed by atoms with Crippen molar-refractivity contribution in [1.29, 1.82) is 0 Å². The van der Waals surface area contributed by atoms with E-state index in [1.165, 1.54) is 16.0 Å². The lowest BCUT2D eigenvalue weighted by Crippen LogP contribution is -2.31. The van der Waals surface area contributed by atoms with Crippen LogP contribution in [0.2, 0.25) is 0 Å². The van der Waals surface area contributed by atoms with Crippen LogP contribution in [-0.2, 0) is 0 Å². The highest BCUT2D eigenvalue weighted by Crippen LogP contribution is 2.21. The lowest BCUT2D eigenvalue weighted by molar-refractivity contribution is 0.509. The topological polar surface area (TPSA) is 32.3 Å². The van der Waals surface area contributed by atoms with Crippen molar-refractivity contribution in [1.82, 2.24) is 4.72 Å². The van der Waals surface area contributed by atoms with Crippen LogP contribution in [0.1, 0.15) is 18.1 Å². The number of nitrogens with one attached hydrogen (secondary N) is 1. The van der Waals surface area contributed by atoms with Crippen molar-refractivity contribution < 1.29 is 5.11 Å². The predicted molar refractivity (Wildman–Crippen MR) is 101 cm³/mol. The number of rotatable bonds is 4. The zero-order valence-corrected chi connectivity index (χ0v) is 15.1. The van der Waals surface area contributed by atoms with Gasteiger partial charge in [0.25, 0.3) is 0 Å². The predicted octanol–water partition coefficient (Wildman–Crippen LogP) is 4.15. The Bertz CT molecular complexity index is 858. The molecule has 0 saturated heterocycles. The average Bonchev–Trinajstić information content (AvgIpc) is 2.53. The summed E-state index contributed by atoms with van der Waals surface area (Å²) in [5.41, 5.74) is 3.42. The van der Waals surface area contributed by atoms with Gasteiger partial charge in [-0.05, 0) is 44.3 Å². The van der Waals surface area contributed by atoms with E-state index in [4.69, 9.17) is 11.6 Å². The van der Waals surface area contributed by atoms with Gasteiger partial charge in [-0.15, -0.1) is 0 Å². The second-order valence-corrected chi connectivity index (χ2v) is 6.70. The van der Waals surface area contributed by atoms with Crippen LogP contribution >= 0.6 is 23.5 Å². The Balaban J connectivity index is 2.40. The van der Waals surface area contributed by atoms with Crippen LogP contribution in [0.3, 0.4) is 0 Å². The summed E-state index contributed by atoms with van der Waals surface area (Å²) in [5.74, 6) is -0.0000619. The summed E-state index contributed by atoms with van der Waals surface area (Å²) in [6, 6.07) is 13.9. The van der Waals surface area contributed by atoms with E-state index >= 15 is 0 Å². The molecule has 0 aromatic heterocycles. The van der Waals surface area contributed by atoms with Gasteiger partial charge < -0.3 is 9.83 Å². The zero-order valence-electron chi connectivity index (χ0n) is 13.5. The Hall–Kier alpha value is -1.84. The first-order valence-electron chi connectivity index (χ1n) is 7.24. The highest BCUT2D eigenvalue weighted by atomic mass is 35.5. The minimum atomic E-state index is -0.0000619. The quantitative estimate of drug-likeness (QED) is 0.816. The molecule has 23 heavy (non-hydrogen) atoms. The molecule has 2 nitrogen and oxygen atoms in total. The molecule has 0 radical (unpaired) electrons. The second kappa shape index (κ2) is 7.62. The fraction of sp³-hybridized carbons (Fsp3) is 0.158. The zero-order chi connectivity index (χ0) is 17.0. The van der Waals surface area contributed by atoms with Gasteiger partial charge in [0.1, 0.15) is 5.76 Å². The average molecular weight is 346 g/mol. The van der Waals surface area contributed by atoms with Gasteiger partial charge in [0.2, 0.25) is 0 Å². The van der Waals surface area contributed by atoms with Crippen molar-refractivity contribution in [2.75, 3.05) is 0 Å². The number of aliphatic hydroxyl groups excluding tert-OH is 1. The summed E-state index contributed by atoms with van der Waals surface area (Å²) >= 11 is 7.39. The molecule has 0 amide bonds. The third kappa shape index (κ3) is 4.34. The molecule has 120 valence electrons. The first kappa shape index (κ1) is 17.5. The Kier molecular flexibility index (Phi) is 5.80. The molecule has 0 bridgehead atoms. The number of aliphatic hydroxyl groups is 1. The fourth-order valence-electron chi connectivity index (χ4n) is 2.26. The molecule has 0 fully saturated rings. The van der Waals surface area contributed by atoms with Crippen LogP contribution in [0.25, 0.3) is 11.5 Å². The number of hydrogen-bond acceptors (Lipinski definition) is 3. The van der Waals surface area contributed by atoms with Crippen LogP contribution in [0.5, 0.6) is 0 Å². The third-order valence-electron chi connectivity index (χ3n) is 3.49. The minimum Gasteiger partial charge on any atom is -0.506 e. The van der Waals surface area contributed by atoms with E-state index in [0.717, 1.165) is 10.9 Å². The van der Waals surface area contributed by atoms with Crippen molar-refractivity contribution in [2.24, 2.45) is 0 Å². The number of benzene rings is 2. The van der Waals surface area contributed by atoms with Crippen LogP contribution in [0, 0.1) is 13.8 Å². The van der Waals surface area contributed by atoms with Crippen LogP contribution in [-0.4, -0.2) is 5.11 Å². The summed E-state index contributed by atoms with van der Waals surface area (Å²) in [4.78, 5) is 1.17. The van der Waals surface area contributed by atoms with E-state index in [9.17, 15) is 5.11 Å². The Morgan fingerprint density at radius 1 is 1.13 bits per heavy atom. The minimum absolute atomic E-state index is 0.0000619. The monoisotopic (exact) mass is 345 g/mol. The van der Waals surface area contributed by atoms with Gasteiger partial charge in [-0.2, -0.15) is 0 Å². The highest BCUT2D eigenvalue weighted by Gasteiger charge is 2.03. The summed E-state index contributed by atoms with van der Waals surface area (Å²) in [5, 5.41) is 11.8. The SMILES string of the molecule is C=C(Cl)/C(O)=c1/cccc/c1=C(/C)NSc1ccc(C)cc1C. The van der Waals surface area contributed by atoms with Crippen molar-refractivity contribution in [3.63, 3.8) is 0 Å². The molecule has 2 N–H and O–H groups in total. The molecule has 2 aromatic carbocycles. The highest BCUT2D eigenvalue weighted by molar-refractivity contribution is 7.97. The molecule has 0 saturated carbocycles. The van der Waals surface area contributed by atoms with Crippen LogP contribution < -0.4 is 15.2 Å². The van der Waals surface area contributed by atoms with Gasteiger partial charge in [0.15, 0.2) is 0 Å². The maximum Gasteiger partial charge on any atom is 0.141 e. The van der Waals surface area contributed by atoms with Gasteiger partial charge in [0, 0.05) is 21.0 Å². The van der Waals surface area contributed by atoms with Gasteiger partial charge >= 0.3 is 0 Å². The molecule has 4 heteroatoms. The summed E-state index contributed by atoms with van der Waals surface area (Å²) in [7, 11) is 0. The van der Waals surface area contributed by atoms with Crippen molar-refractivity contribution >= 4 is 35.0 Å². The number of aryl methyl sites for hydroxylation is 2. The van der Waals surface area contributed by atoms with E-state index in [2.05, 4.69) is 43.3 Å². The molecule has 0 aliphatic heterocycles. The third-order valence-corrected chi connectivity index (χ3v) is 4.75. The van der Waals surface area contributed by atoms with E-state index in [-0.39, 0.29) is 10.8 Å². The second-order valence-electron chi connectivity index (χ2n) is 5.40. The van der Waals surface area contributed by atoms with Crippen molar-refractivity contribution in [2.45, 2.75) is 25.7 Å². The van der Waals surface area contributed by atoms with E-state index in [1.807, 2.05) is 31.2 Å². The normalized spacial score (nSPS) is 13.4. The Morgan fingerprint density at radius 3 is 2.39 bits per heavy atom. The molecule has 2 aromatic rings. The number of halogens is 1. The first-order chi connectivity index (χ1) is 10.9. The Labute approximate surface area is 146 Å². The van der Waals surface area contributed by atoms with Crippen LogP contribution in [0.15, 0.2) is 59.0 Å². The van der Waals surface area contributed by atoms with Crippen molar-refractivity contribution in [3.05, 3.63) is 75.6 Å². The lowest BCUT2D eigenvalue weighted by Gasteiger charge is -2.09. The fourth-order valence-corrected chi connectivity index (χ4v) is 3.09. The van der Waals surface area contributed by atoms with Gasteiger partial charge in [-0.3, -0.25) is 0 Å². The molecule has 0 heterocycles. The lowest BCUT2D eigenvalue weighted by atomic mass is 10.2. The van der Waals surface area contributed by atoms with Gasteiger partial charge in [-0.1, -0.05) is 60.1 Å². The summed E-state index contributed by atoms with van der Waals surface area (Å²) in [6.07, 6.45) is 0. The molecule has 0 atom stereocenters. The molecular weight excluding hydrogens is 326 g/mol. The summed E-state index contributed by atoms with van der Waals surface area (Å²) < 4.78 is 3.35. The van der Waals surface area contributed by atoms with Crippen molar-refractivity contribution in [3.8, 4) is 0 Å². The molecule has 0 aliphatic rings. The first-order valence-corrected chi connectivity index (χ1v) is 8.43. The van der Waals surface area contributed by atoms with Crippen LogP contribution in [0.4, 0.5) is 0 Å². The number of hydrogen-bond donors (Lipinski definition) is 2. The molecule has 0 unspecified atom stereocenters. The van der Waals surface area contributed by atoms with E-state index in [0.29, 0.717) is 5.22 Å². The van der Waals surface area contributed by atoms with Gasteiger partial charge in [-0.25, -0.2) is 0 Å². The maximum atomic E-state index is 10.1. The standard InChI is InChI=1S/C19H20ClNOS/c1-12-9-10-18(13(2)11-12)23-21-15(4)16-7-5-6-8-17(16)19(22)14(3)20/h5-11,21-22H,3H2,1-2,4H3/b16-15+,19-17+. The summed E-state index contributed by atoms with van der Waals surface area (Å²) in [6.45, 7) is 9.74. The molecule has 0 aliphatic carbocycles. The molecule has 2 rings (SSSR count). The maximum absolute atomic E-state index is 10.1. The molecule has 0 spiro atoms. The molecular formula is C19H20ClNOS. The van der Waals surface area contributed by atoms with E-state index < -0.39 is 0 Å². The van der Waals surface area contributed by atoms with Gasteiger partial charge in [0.05, 0.1) is 5.03 Å². The smallest absolute Gasteiger partial charge is 0.141 e. The van der Waals surface area contributed by atoms with E-state index in [1.54, 1.807) is 11.9 Å². The largest absolute Gasteiger partial charge is 0.506 e. The Morgan fingerprint density at radius 2 is 1.78 bits per heavy atom.